The molecule has 0 radical (unpaired) electrons. The molecule has 0 fully saturated rings. The third kappa shape index (κ3) is 4.46. The Bertz CT molecular complexity index is 1320. The molecule has 0 saturated carbocycles. The molecule has 1 unspecified atom stereocenters. The van der Waals surface area contributed by atoms with Gasteiger partial charge in [0.1, 0.15) is 6.61 Å². The zero-order valence-corrected chi connectivity index (χ0v) is 19.7. The SMILES string of the molecule is COc1ccccc1OCCN1C(=O)C(O)(CC(=O)c2ccc(OC)c([N+](=O)[O-])c2)c2ccccc21. The molecule has 0 aromatic heterocycles. The summed E-state index contributed by atoms with van der Waals surface area (Å²) in [5.41, 5.74) is -1.79. The molecule has 3 aromatic carbocycles. The molecule has 186 valence electrons. The highest BCUT2D eigenvalue weighted by Gasteiger charge is 2.50. The molecule has 1 N–H and O–H groups in total. The summed E-state index contributed by atoms with van der Waals surface area (Å²) < 4.78 is 16.0. The van der Waals surface area contributed by atoms with Crippen molar-refractivity contribution in [1.82, 2.24) is 0 Å². The van der Waals surface area contributed by atoms with Crippen LogP contribution in [0.1, 0.15) is 22.3 Å². The number of carbonyl (C=O) groups excluding carboxylic acids is 2. The Morgan fingerprint density at radius 2 is 1.67 bits per heavy atom. The number of nitro groups is 1. The van der Waals surface area contributed by atoms with E-state index in [1.54, 1.807) is 48.5 Å². The van der Waals surface area contributed by atoms with Crippen molar-refractivity contribution in [2.45, 2.75) is 12.0 Å². The lowest BCUT2D eigenvalue weighted by molar-refractivity contribution is -0.385. The number of aliphatic hydroxyl groups is 1. The highest BCUT2D eigenvalue weighted by Crippen LogP contribution is 2.43. The first-order valence-corrected chi connectivity index (χ1v) is 11.1. The molecular weight excluding hydrogens is 468 g/mol. The lowest BCUT2D eigenvalue weighted by atomic mass is 9.88. The van der Waals surface area contributed by atoms with Gasteiger partial charge in [0.15, 0.2) is 28.6 Å². The summed E-state index contributed by atoms with van der Waals surface area (Å²) in [5, 5.41) is 22.8. The minimum absolute atomic E-state index is 0.00114. The number of nitro benzene ring substituents is 1. The molecule has 10 heteroatoms. The second-order valence-electron chi connectivity index (χ2n) is 8.08. The van der Waals surface area contributed by atoms with E-state index < -0.39 is 28.6 Å². The Morgan fingerprint density at radius 3 is 2.36 bits per heavy atom. The monoisotopic (exact) mass is 492 g/mol. The lowest BCUT2D eigenvalue weighted by Gasteiger charge is -2.23. The van der Waals surface area contributed by atoms with E-state index in [2.05, 4.69) is 0 Å². The van der Waals surface area contributed by atoms with Crippen molar-refractivity contribution in [3.05, 3.63) is 88.0 Å². The smallest absolute Gasteiger partial charge is 0.311 e. The zero-order valence-electron chi connectivity index (χ0n) is 19.7. The first kappa shape index (κ1) is 24.7. The standard InChI is InChI=1S/C26H24N2O8/c1-34-22-12-11-17(15-20(22)28(32)33)21(29)16-26(31)18-7-3-4-8-19(18)27(25(26)30)13-14-36-24-10-6-5-9-23(24)35-2/h3-12,15,31H,13-14,16H2,1-2H3. The van der Waals surface area contributed by atoms with E-state index in [-0.39, 0.29) is 35.7 Å². The highest BCUT2D eigenvalue weighted by atomic mass is 16.6. The van der Waals surface area contributed by atoms with Crippen LogP contribution in [0.3, 0.4) is 0 Å². The molecule has 36 heavy (non-hydrogen) atoms. The number of hydrogen-bond donors (Lipinski definition) is 1. The number of rotatable bonds is 10. The number of nitrogens with zero attached hydrogens (tertiary/aromatic N) is 2. The maximum absolute atomic E-state index is 13.4. The number of ketones is 1. The number of methoxy groups -OCH3 is 2. The number of fused-ring (bicyclic) bond motifs is 1. The van der Waals surface area contributed by atoms with E-state index in [1.165, 1.54) is 31.3 Å². The minimum atomic E-state index is -2.13. The van der Waals surface area contributed by atoms with Crippen molar-refractivity contribution >= 4 is 23.1 Å². The fourth-order valence-electron chi connectivity index (χ4n) is 4.22. The maximum Gasteiger partial charge on any atom is 0.311 e. The number of hydrogen-bond acceptors (Lipinski definition) is 8. The van der Waals surface area contributed by atoms with E-state index in [1.807, 2.05) is 0 Å². The second-order valence-corrected chi connectivity index (χ2v) is 8.08. The Kier molecular flexibility index (Phi) is 6.89. The number of carbonyl (C=O) groups is 2. The van der Waals surface area contributed by atoms with Crippen LogP contribution in [-0.2, 0) is 10.4 Å². The van der Waals surface area contributed by atoms with E-state index >= 15 is 0 Å². The van der Waals surface area contributed by atoms with Gasteiger partial charge in [-0.2, -0.15) is 0 Å². The van der Waals surface area contributed by atoms with Crippen molar-refractivity contribution in [3.63, 3.8) is 0 Å². The Hall–Kier alpha value is -4.44. The normalized spacial score (nSPS) is 16.4. The van der Waals surface area contributed by atoms with E-state index in [0.717, 1.165) is 6.07 Å². The first-order valence-electron chi connectivity index (χ1n) is 11.1. The number of benzene rings is 3. The average Bonchev–Trinajstić information content (AvgIpc) is 3.10. The minimum Gasteiger partial charge on any atom is -0.493 e. The Balaban J connectivity index is 1.56. The molecule has 3 aromatic rings. The van der Waals surface area contributed by atoms with Gasteiger partial charge in [0.05, 0.1) is 37.8 Å². The summed E-state index contributed by atoms with van der Waals surface area (Å²) in [6, 6.07) is 17.5. The van der Waals surface area contributed by atoms with Gasteiger partial charge in [-0.05, 0) is 30.3 Å². The summed E-state index contributed by atoms with van der Waals surface area (Å²) >= 11 is 0. The van der Waals surface area contributed by atoms with Crippen LogP contribution < -0.4 is 19.1 Å². The van der Waals surface area contributed by atoms with Gasteiger partial charge in [0, 0.05) is 17.2 Å². The van der Waals surface area contributed by atoms with Crippen LogP contribution >= 0.6 is 0 Å². The lowest BCUT2D eigenvalue weighted by Crippen LogP contribution is -2.43. The number of ether oxygens (including phenoxy) is 3. The zero-order chi connectivity index (χ0) is 25.9. The molecule has 0 bridgehead atoms. The molecule has 4 rings (SSSR count). The summed E-state index contributed by atoms with van der Waals surface area (Å²) in [6.07, 6.45) is -0.587. The Morgan fingerprint density at radius 1 is 1.00 bits per heavy atom. The number of amides is 1. The van der Waals surface area contributed by atoms with Gasteiger partial charge in [0.2, 0.25) is 0 Å². The van der Waals surface area contributed by atoms with Crippen LogP contribution in [-0.4, -0.2) is 49.1 Å². The molecule has 1 heterocycles. The third-order valence-electron chi connectivity index (χ3n) is 5.99. The summed E-state index contributed by atoms with van der Waals surface area (Å²) in [7, 11) is 2.81. The largest absolute Gasteiger partial charge is 0.493 e. The maximum atomic E-state index is 13.4. The van der Waals surface area contributed by atoms with Crippen molar-refractivity contribution in [2.75, 3.05) is 32.3 Å². The fourth-order valence-corrected chi connectivity index (χ4v) is 4.22. The van der Waals surface area contributed by atoms with Crippen LogP contribution in [0.25, 0.3) is 0 Å². The second kappa shape index (κ2) is 10.0. The molecule has 1 aliphatic rings. The van der Waals surface area contributed by atoms with Gasteiger partial charge in [-0.1, -0.05) is 30.3 Å². The molecule has 1 atom stereocenters. The van der Waals surface area contributed by atoms with E-state index in [4.69, 9.17) is 14.2 Å². The van der Waals surface area contributed by atoms with Crippen LogP contribution in [0.5, 0.6) is 17.2 Å². The number of anilines is 1. The van der Waals surface area contributed by atoms with Crippen molar-refractivity contribution in [3.8, 4) is 17.2 Å². The van der Waals surface area contributed by atoms with Gasteiger partial charge in [-0.15, -0.1) is 0 Å². The van der Waals surface area contributed by atoms with Crippen LogP contribution in [0.2, 0.25) is 0 Å². The van der Waals surface area contributed by atoms with Gasteiger partial charge in [0.25, 0.3) is 5.91 Å². The third-order valence-corrected chi connectivity index (χ3v) is 5.99. The average molecular weight is 492 g/mol. The number of para-hydroxylation sites is 3. The molecule has 0 spiro atoms. The molecular formula is C26H24N2O8. The molecule has 0 saturated heterocycles. The van der Waals surface area contributed by atoms with Crippen molar-refractivity contribution in [2.24, 2.45) is 0 Å². The van der Waals surface area contributed by atoms with E-state index in [0.29, 0.717) is 17.2 Å². The van der Waals surface area contributed by atoms with Crippen LogP contribution in [0, 0.1) is 10.1 Å². The molecule has 1 aliphatic heterocycles. The fraction of sp³-hybridized carbons (Fsp3) is 0.231. The van der Waals surface area contributed by atoms with Gasteiger partial charge < -0.3 is 24.2 Å². The summed E-state index contributed by atoms with van der Waals surface area (Å²) in [5.74, 6) is -0.256. The number of Topliss-reactive ketones (excluding diaryl/α,β-unsaturated/α-hetero) is 1. The van der Waals surface area contributed by atoms with Gasteiger partial charge in [-0.3, -0.25) is 19.7 Å². The predicted molar refractivity (Wildman–Crippen MR) is 130 cm³/mol. The van der Waals surface area contributed by atoms with E-state index in [9.17, 15) is 24.8 Å². The Labute approximate surface area is 206 Å². The van der Waals surface area contributed by atoms with Gasteiger partial charge >= 0.3 is 5.69 Å². The summed E-state index contributed by atoms with van der Waals surface area (Å²) in [6.45, 7) is 0.216. The first-order chi connectivity index (χ1) is 17.3. The topological polar surface area (TPSA) is 128 Å². The van der Waals surface area contributed by atoms with Gasteiger partial charge in [-0.25, -0.2) is 0 Å². The molecule has 1 amide bonds. The van der Waals surface area contributed by atoms with Crippen LogP contribution in [0.15, 0.2) is 66.7 Å². The van der Waals surface area contributed by atoms with Crippen molar-refractivity contribution < 1.29 is 33.8 Å². The van der Waals surface area contributed by atoms with Crippen LogP contribution in [0.4, 0.5) is 11.4 Å². The van der Waals surface area contributed by atoms with Crippen molar-refractivity contribution in [1.29, 1.82) is 0 Å². The predicted octanol–water partition coefficient (Wildman–Crippen LogP) is 3.50. The summed E-state index contributed by atoms with van der Waals surface area (Å²) in [4.78, 5) is 38.5. The highest BCUT2D eigenvalue weighted by molar-refractivity contribution is 6.10. The molecule has 10 nitrogen and oxygen atoms in total. The molecule has 0 aliphatic carbocycles. The quantitative estimate of drug-likeness (QED) is 0.259.